The fourth-order valence-corrected chi connectivity index (χ4v) is 2.22. The van der Waals surface area contributed by atoms with Crippen molar-refractivity contribution < 1.29 is 0 Å². The maximum atomic E-state index is 8.86. The van der Waals surface area contributed by atoms with Crippen LogP contribution in [0.25, 0.3) is 10.2 Å². The lowest BCUT2D eigenvalue weighted by Crippen LogP contribution is -1.79. The van der Waals surface area contributed by atoms with Gasteiger partial charge in [0.05, 0.1) is 20.3 Å². The van der Waals surface area contributed by atoms with Crippen molar-refractivity contribution in [3.05, 3.63) is 27.7 Å². The minimum Gasteiger partial charge on any atom is -0.240 e. The van der Waals surface area contributed by atoms with Crippen LogP contribution in [-0.4, -0.2) is 4.98 Å². The number of hydrogen-bond donors (Lipinski definition) is 0. The zero-order valence-corrected chi connectivity index (χ0v) is 8.41. The minimum atomic E-state index is 0.473. The molecule has 0 N–H and O–H groups in total. The molecule has 0 aliphatic carbocycles. The molecule has 1 aromatic carbocycles. The van der Waals surface area contributed by atoms with Gasteiger partial charge in [0.25, 0.3) is 0 Å². The van der Waals surface area contributed by atoms with E-state index >= 15 is 0 Å². The highest BCUT2D eigenvalue weighted by atomic mass is 35.5. The van der Waals surface area contributed by atoms with Crippen LogP contribution in [0.15, 0.2) is 12.1 Å². The topological polar surface area (TPSA) is 36.7 Å². The van der Waals surface area contributed by atoms with E-state index in [2.05, 4.69) is 11.1 Å². The molecule has 0 amide bonds. The number of rotatable bonds is 0. The van der Waals surface area contributed by atoms with Gasteiger partial charge in [-0.3, -0.25) is 0 Å². The molecule has 1 heterocycles. The Labute approximate surface area is 84.4 Å². The van der Waals surface area contributed by atoms with Gasteiger partial charge in [-0.2, -0.15) is 5.26 Å². The van der Waals surface area contributed by atoms with Crippen molar-refractivity contribution in [2.75, 3.05) is 0 Å². The summed E-state index contributed by atoms with van der Waals surface area (Å²) in [5.41, 5.74) is 1.20. The van der Waals surface area contributed by atoms with Gasteiger partial charge in [0.1, 0.15) is 11.6 Å². The highest BCUT2D eigenvalue weighted by Crippen LogP contribution is 2.28. The van der Waals surface area contributed by atoms with E-state index in [1.165, 1.54) is 0 Å². The second-order valence-corrected chi connectivity index (χ2v) is 4.26. The molecule has 0 unspecified atom stereocenters. The summed E-state index contributed by atoms with van der Waals surface area (Å²) in [6.45, 7) is 1.92. The standard InChI is InChI=1S/C9H5ClN2S/c1-5-12-9-6(4-11)7(10)2-3-8(9)13-5/h2-3H,1H3. The van der Waals surface area contributed by atoms with E-state index in [9.17, 15) is 0 Å². The second kappa shape index (κ2) is 2.99. The first-order valence-electron chi connectivity index (χ1n) is 3.68. The molecular formula is C9H5ClN2S. The van der Waals surface area contributed by atoms with E-state index in [4.69, 9.17) is 16.9 Å². The molecule has 0 radical (unpaired) electrons. The van der Waals surface area contributed by atoms with Crippen molar-refractivity contribution in [1.82, 2.24) is 4.98 Å². The van der Waals surface area contributed by atoms with Crippen molar-refractivity contribution >= 4 is 33.2 Å². The molecule has 1 aromatic heterocycles. The molecular weight excluding hydrogens is 204 g/mol. The lowest BCUT2D eigenvalue weighted by molar-refractivity contribution is 1.34. The predicted molar refractivity (Wildman–Crippen MR) is 54.1 cm³/mol. The van der Waals surface area contributed by atoms with Crippen molar-refractivity contribution in [2.45, 2.75) is 6.92 Å². The van der Waals surface area contributed by atoms with Gasteiger partial charge in [-0.15, -0.1) is 11.3 Å². The molecule has 0 atom stereocenters. The monoisotopic (exact) mass is 208 g/mol. The molecule has 0 fully saturated rings. The van der Waals surface area contributed by atoms with Crippen LogP contribution in [0.4, 0.5) is 0 Å². The maximum absolute atomic E-state index is 8.86. The Kier molecular flexibility index (Phi) is 1.95. The van der Waals surface area contributed by atoms with Crippen LogP contribution in [0, 0.1) is 18.3 Å². The number of benzene rings is 1. The number of nitrogens with zero attached hydrogens (tertiary/aromatic N) is 2. The quantitative estimate of drug-likeness (QED) is 0.667. The Balaban J connectivity index is 2.93. The smallest absolute Gasteiger partial charge is 0.103 e. The molecule has 13 heavy (non-hydrogen) atoms. The minimum absolute atomic E-state index is 0.473. The summed E-state index contributed by atoms with van der Waals surface area (Å²) in [7, 11) is 0. The van der Waals surface area contributed by atoms with Gasteiger partial charge < -0.3 is 0 Å². The summed E-state index contributed by atoms with van der Waals surface area (Å²) in [5, 5.41) is 10.3. The number of halogens is 1. The van der Waals surface area contributed by atoms with Crippen LogP contribution in [0.3, 0.4) is 0 Å². The first-order chi connectivity index (χ1) is 6.22. The zero-order chi connectivity index (χ0) is 9.42. The number of nitriles is 1. The summed E-state index contributed by atoms with van der Waals surface area (Å²) < 4.78 is 1.01. The molecule has 0 bridgehead atoms. The molecule has 64 valence electrons. The van der Waals surface area contributed by atoms with E-state index in [0.717, 1.165) is 15.2 Å². The molecule has 0 saturated carbocycles. The number of hydrogen-bond acceptors (Lipinski definition) is 3. The number of aromatic nitrogens is 1. The van der Waals surface area contributed by atoms with Gasteiger partial charge in [0.2, 0.25) is 0 Å². The van der Waals surface area contributed by atoms with Crippen molar-refractivity contribution in [1.29, 1.82) is 5.26 Å². The van der Waals surface area contributed by atoms with Gasteiger partial charge in [0.15, 0.2) is 0 Å². The average Bonchev–Trinajstić information content (AvgIpc) is 2.45. The van der Waals surface area contributed by atoms with Crippen LogP contribution in [-0.2, 0) is 0 Å². The number of aryl methyl sites for hydroxylation is 1. The Morgan fingerprint density at radius 1 is 1.54 bits per heavy atom. The molecule has 2 aromatic rings. The summed E-state index contributed by atoms with van der Waals surface area (Å²) in [6.07, 6.45) is 0. The highest BCUT2D eigenvalue weighted by Gasteiger charge is 2.08. The largest absolute Gasteiger partial charge is 0.240 e. The Bertz CT molecular complexity index is 510. The predicted octanol–water partition coefficient (Wildman–Crippen LogP) is 3.13. The Hall–Kier alpha value is -1.11. The summed E-state index contributed by atoms with van der Waals surface area (Å²) in [6, 6.07) is 5.69. The third kappa shape index (κ3) is 1.28. The van der Waals surface area contributed by atoms with E-state index < -0.39 is 0 Å². The molecule has 2 rings (SSSR count). The second-order valence-electron chi connectivity index (χ2n) is 2.61. The van der Waals surface area contributed by atoms with Crippen LogP contribution >= 0.6 is 22.9 Å². The normalized spacial score (nSPS) is 10.2. The molecule has 0 aliphatic heterocycles. The van der Waals surface area contributed by atoms with Gasteiger partial charge in [-0.1, -0.05) is 11.6 Å². The van der Waals surface area contributed by atoms with Crippen LogP contribution in [0.5, 0.6) is 0 Å². The maximum Gasteiger partial charge on any atom is 0.103 e. The third-order valence-corrected chi connectivity index (χ3v) is 2.98. The van der Waals surface area contributed by atoms with E-state index in [-0.39, 0.29) is 0 Å². The van der Waals surface area contributed by atoms with E-state index in [1.807, 2.05) is 13.0 Å². The van der Waals surface area contributed by atoms with Crippen LogP contribution < -0.4 is 0 Å². The van der Waals surface area contributed by atoms with Crippen molar-refractivity contribution in [2.24, 2.45) is 0 Å². The summed E-state index contributed by atoms with van der Waals surface area (Å²) >= 11 is 7.42. The van der Waals surface area contributed by atoms with Crippen molar-refractivity contribution in [3.63, 3.8) is 0 Å². The Morgan fingerprint density at radius 2 is 2.31 bits per heavy atom. The highest BCUT2D eigenvalue weighted by molar-refractivity contribution is 7.18. The molecule has 0 spiro atoms. The lowest BCUT2D eigenvalue weighted by atomic mass is 10.2. The third-order valence-electron chi connectivity index (χ3n) is 1.73. The zero-order valence-electron chi connectivity index (χ0n) is 6.84. The van der Waals surface area contributed by atoms with Gasteiger partial charge in [-0.25, -0.2) is 4.98 Å². The van der Waals surface area contributed by atoms with Crippen molar-refractivity contribution in [3.8, 4) is 6.07 Å². The lowest BCUT2D eigenvalue weighted by Gasteiger charge is -1.93. The first-order valence-corrected chi connectivity index (χ1v) is 4.87. The Morgan fingerprint density at radius 3 is 3.00 bits per heavy atom. The summed E-state index contributed by atoms with van der Waals surface area (Å²) in [4.78, 5) is 4.26. The van der Waals surface area contributed by atoms with Crippen LogP contribution in [0.1, 0.15) is 10.6 Å². The van der Waals surface area contributed by atoms with E-state index in [1.54, 1.807) is 17.4 Å². The van der Waals surface area contributed by atoms with Gasteiger partial charge in [0, 0.05) is 0 Å². The summed E-state index contributed by atoms with van der Waals surface area (Å²) in [5.74, 6) is 0. The van der Waals surface area contributed by atoms with Crippen LogP contribution in [0.2, 0.25) is 5.02 Å². The fourth-order valence-electron chi connectivity index (χ4n) is 1.19. The van der Waals surface area contributed by atoms with Gasteiger partial charge in [-0.05, 0) is 19.1 Å². The first kappa shape index (κ1) is 8.49. The van der Waals surface area contributed by atoms with E-state index in [0.29, 0.717) is 10.6 Å². The molecule has 0 saturated heterocycles. The number of fused-ring (bicyclic) bond motifs is 1. The average molecular weight is 209 g/mol. The molecule has 2 nitrogen and oxygen atoms in total. The number of thiazole rings is 1. The molecule has 4 heteroatoms. The SMILES string of the molecule is Cc1nc2c(C#N)c(Cl)ccc2s1. The molecule has 0 aliphatic rings. The van der Waals surface area contributed by atoms with Gasteiger partial charge >= 0.3 is 0 Å². The fraction of sp³-hybridized carbons (Fsp3) is 0.111.